The van der Waals surface area contributed by atoms with Crippen molar-refractivity contribution in [3.05, 3.63) is 93.7 Å². The van der Waals surface area contributed by atoms with Crippen molar-refractivity contribution < 1.29 is 9.53 Å². The van der Waals surface area contributed by atoms with E-state index in [0.717, 1.165) is 11.1 Å². The number of rotatable bonds is 6. The molecule has 5 nitrogen and oxygen atoms in total. The van der Waals surface area contributed by atoms with E-state index in [9.17, 15) is 4.79 Å². The van der Waals surface area contributed by atoms with Crippen molar-refractivity contribution in [1.82, 2.24) is 10.4 Å². The van der Waals surface area contributed by atoms with E-state index in [0.29, 0.717) is 28.0 Å². The van der Waals surface area contributed by atoms with Crippen molar-refractivity contribution >= 4 is 35.3 Å². The van der Waals surface area contributed by atoms with Gasteiger partial charge in [0.25, 0.3) is 5.91 Å². The molecule has 0 unspecified atom stereocenters. The number of para-hydroxylation sites is 1. The van der Waals surface area contributed by atoms with Crippen molar-refractivity contribution in [3.8, 4) is 5.75 Å². The zero-order valence-electron chi connectivity index (χ0n) is 14.1. The van der Waals surface area contributed by atoms with Gasteiger partial charge in [0.05, 0.1) is 16.3 Å². The molecule has 0 aliphatic heterocycles. The van der Waals surface area contributed by atoms with E-state index in [2.05, 4.69) is 15.5 Å². The number of hydrogen-bond acceptors (Lipinski definition) is 4. The van der Waals surface area contributed by atoms with Crippen LogP contribution in [0.4, 0.5) is 0 Å². The lowest BCUT2D eigenvalue weighted by atomic mass is 10.2. The molecule has 0 radical (unpaired) electrons. The van der Waals surface area contributed by atoms with Gasteiger partial charge in [-0.2, -0.15) is 5.10 Å². The van der Waals surface area contributed by atoms with Crippen molar-refractivity contribution in [2.45, 2.75) is 6.61 Å². The molecule has 0 atom stereocenters. The average Bonchev–Trinajstić information content (AvgIpc) is 2.70. The fourth-order valence-corrected chi connectivity index (χ4v) is 2.56. The Bertz CT molecular complexity index is 962. The second-order valence-corrected chi connectivity index (χ2v) is 6.32. The summed E-state index contributed by atoms with van der Waals surface area (Å²) >= 11 is 11.9. The van der Waals surface area contributed by atoms with Crippen LogP contribution in [0.25, 0.3) is 0 Å². The number of benzene rings is 2. The van der Waals surface area contributed by atoms with E-state index >= 15 is 0 Å². The molecule has 1 N–H and O–H groups in total. The summed E-state index contributed by atoms with van der Waals surface area (Å²) in [4.78, 5) is 15.9. The van der Waals surface area contributed by atoms with Crippen LogP contribution in [0, 0.1) is 0 Å². The van der Waals surface area contributed by atoms with Crippen LogP contribution < -0.4 is 10.2 Å². The lowest BCUT2D eigenvalue weighted by Crippen LogP contribution is -2.17. The monoisotopic (exact) mass is 399 g/mol. The van der Waals surface area contributed by atoms with Gasteiger partial charge in [0.2, 0.25) is 0 Å². The van der Waals surface area contributed by atoms with Crippen LogP contribution in [-0.4, -0.2) is 17.1 Å². The Labute approximate surface area is 166 Å². The minimum Gasteiger partial charge on any atom is -0.488 e. The summed E-state index contributed by atoms with van der Waals surface area (Å²) in [7, 11) is 0. The van der Waals surface area contributed by atoms with Gasteiger partial charge in [-0.15, -0.1) is 0 Å². The normalized spacial score (nSPS) is 10.7. The fraction of sp³-hybridized carbons (Fsp3) is 0.0500. The van der Waals surface area contributed by atoms with Crippen LogP contribution in [0.2, 0.25) is 10.0 Å². The first-order chi connectivity index (χ1) is 13.1. The third-order valence-corrected chi connectivity index (χ3v) is 4.35. The summed E-state index contributed by atoms with van der Waals surface area (Å²) in [6.45, 7) is 0.325. The van der Waals surface area contributed by atoms with Crippen molar-refractivity contribution in [3.63, 3.8) is 0 Å². The summed E-state index contributed by atoms with van der Waals surface area (Å²) in [6.07, 6.45) is 4.62. The summed E-state index contributed by atoms with van der Waals surface area (Å²) in [6, 6.07) is 15.9. The lowest BCUT2D eigenvalue weighted by molar-refractivity contribution is 0.0955. The van der Waals surface area contributed by atoms with Crippen LogP contribution in [0.5, 0.6) is 5.75 Å². The first-order valence-corrected chi connectivity index (χ1v) is 8.78. The number of pyridine rings is 1. The number of ether oxygens (including phenoxy) is 1. The van der Waals surface area contributed by atoms with Crippen molar-refractivity contribution in [2.24, 2.45) is 5.10 Å². The number of hydrazone groups is 1. The first kappa shape index (κ1) is 18.9. The van der Waals surface area contributed by atoms with E-state index in [-0.39, 0.29) is 5.91 Å². The Morgan fingerprint density at radius 2 is 1.85 bits per heavy atom. The predicted octanol–water partition coefficient (Wildman–Crippen LogP) is 4.73. The molecule has 136 valence electrons. The molecule has 0 aliphatic carbocycles. The van der Waals surface area contributed by atoms with Crippen LogP contribution in [-0.2, 0) is 6.61 Å². The highest BCUT2D eigenvalue weighted by atomic mass is 35.5. The molecular weight excluding hydrogens is 385 g/mol. The molecule has 27 heavy (non-hydrogen) atoms. The number of nitrogens with zero attached hydrogens (tertiary/aromatic N) is 2. The molecule has 0 fully saturated rings. The van der Waals surface area contributed by atoms with E-state index in [4.69, 9.17) is 27.9 Å². The number of nitrogens with one attached hydrogen (secondary N) is 1. The largest absolute Gasteiger partial charge is 0.488 e. The number of carbonyl (C=O) groups excluding carboxylic acids is 1. The van der Waals surface area contributed by atoms with E-state index in [1.165, 1.54) is 6.21 Å². The van der Waals surface area contributed by atoms with E-state index in [1.807, 2.05) is 30.3 Å². The number of carbonyl (C=O) groups is 1. The molecule has 3 rings (SSSR count). The smallest absolute Gasteiger partial charge is 0.271 e. The first-order valence-electron chi connectivity index (χ1n) is 8.02. The van der Waals surface area contributed by atoms with Gasteiger partial charge in [-0.3, -0.25) is 9.78 Å². The van der Waals surface area contributed by atoms with Gasteiger partial charge in [0.15, 0.2) is 0 Å². The maximum Gasteiger partial charge on any atom is 0.271 e. The van der Waals surface area contributed by atoms with Gasteiger partial charge < -0.3 is 4.74 Å². The fourth-order valence-electron chi connectivity index (χ4n) is 2.24. The minimum atomic E-state index is -0.317. The Morgan fingerprint density at radius 3 is 2.63 bits per heavy atom. The summed E-state index contributed by atoms with van der Waals surface area (Å²) in [5.74, 6) is 0.313. The van der Waals surface area contributed by atoms with E-state index in [1.54, 1.807) is 36.7 Å². The maximum absolute atomic E-state index is 12.0. The SMILES string of the molecule is O=C(N/N=C/c1ccccc1OCc1ccc(Cl)c(Cl)c1)c1ccncc1. The van der Waals surface area contributed by atoms with Gasteiger partial charge in [-0.25, -0.2) is 5.43 Å². The van der Waals surface area contributed by atoms with Crippen LogP contribution in [0.1, 0.15) is 21.5 Å². The molecule has 2 aromatic carbocycles. The highest BCUT2D eigenvalue weighted by Gasteiger charge is 2.05. The van der Waals surface area contributed by atoms with Crippen molar-refractivity contribution in [2.75, 3.05) is 0 Å². The molecule has 1 amide bonds. The molecule has 0 saturated heterocycles. The summed E-state index contributed by atoms with van der Waals surface area (Å²) in [5.41, 5.74) is 4.58. The summed E-state index contributed by atoms with van der Waals surface area (Å²) < 4.78 is 5.85. The van der Waals surface area contributed by atoms with Crippen molar-refractivity contribution in [1.29, 1.82) is 0 Å². The topological polar surface area (TPSA) is 63.6 Å². The Hall–Kier alpha value is -2.89. The number of aromatic nitrogens is 1. The molecule has 0 bridgehead atoms. The van der Waals surface area contributed by atoms with Gasteiger partial charge in [0.1, 0.15) is 12.4 Å². The molecular formula is C20H15Cl2N3O2. The Balaban J connectivity index is 1.64. The minimum absolute atomic E-state index is 0.317. The maximum atomic E-state index is 12.0. The molecule has 1 aromatic heterocycles. The lowest BCUT2D eigenvalue weighted by Gasteiger charge is -2.09. The number of halogens is 2. The van der Waals surface area contributed by atoms with Gasteiger partial charge >= 0.3 is 0 Å². The van der Waals surface area contributed by atoms with Gasteiger partial charge in [-0.05, 0) is 42.0 Å². The zero-order chi connectivity index (χ0) is 19.1. The van der Waals surface area contributed by atoms with Crippen LogP contribution in [0.3, 0.4) is 0 Å². The third kappa shape index (κ3) is 5.29. The molecule has 0 spiro atoms. The highest BCUT2D eigenvalue weighted by Crippen LogP contribution is 2.24. The highest BCUT2D eigenvalue weighted by molar-refractivity contribution is 6.42. The second-order valence-electron chi connectivity index (χ2n) is 5.51. The van der Waals surface area contributed by atoms with Crippen LogP contribution in [0.15, 0.2) is 72.1 Å². The van der Waals surface area contributed by atoms with Gasteiger partial charge in [-0.1, -0.05) is 41.4 Å². The molecule has 0 saturated carbocycles. The molecule has 3 aromatic rings. The predicted molar refractivity (Wildman–Crippen MR) is 107 cm³/mol. The Morgan fingerprint density at radius 1 is 1.07 bits per heavy atom. The zero-order valence-corrected chi connectivity index (χ0v) is 15.6. The standard InChI is InChI=1S/C20H15Cl2N3O2/c21-17-6-5-14(11-18(17)22)13-27-19-4-2-1-3-16(19)12-24-25-20(26)15-7-9-23-10-8-15/h1-12H,13H2,(H,25,26)/b24-12+. The molecule has 1 heterocycles. The van der Waals surface area contributed by atoms with E-state index < -0.39 is 0 Å². The van der Waals surface area contributed by atoms with Gasteiger partial charge in [0, 0.05) is 23.5 Å². The van der Waals surface area contributed by atoms with Crippen LogP contribution >= 0.6 is 23.2 Å². The third-order valence-electron chi connectivity index (χ3n) is 3.61. The second kappa shape index (κ2) is 9.16. The molecule has 0 aliphatic rings. The number of hydrogen-bond donors (Lipinski definition) is 1. The number of amides is 1. The summed E-state index contributed by atoms with van der Waals surface area (Å²) in [5, 5.41) is 4.97. The molecule has 7 heteroatoms. The Kier molecular flexibility index (Phi) is 6.41. The quantitative estimate of drug-likeness (QED) is 0.481. The average molecular weight is 400 g/mol.